The Morgan fingerprint density at radius 2 is 2.04 bits per heavy atom. The minimum Gasteiger partial charge on any atom is -0.354 e. The quantitative estimate of drug-likeness (QED) is 0.876. The summed E-state index contributed by atoms with van der Waals surface area (Å²) in [7, 11) is 0. The fraction of sp³-hybridized carbons (Fsp3) is 0.316. The SMILES string of the molecule is C/C=C(\SC)c1[nH]c2c(c1-c1cscc1C#N)=CCCC=2.CC. The normalized spacial score (nSPS) is 13.1. The first kappa shape index (κ1) is 17.7. The molecule has 2 aromatic heterocycles. The average molecular weight is 343 g/mol. The third-order valence-electron chi connectivity index (χ3n) is 3.71. The van der Waals surface area contributed by atoms with E-state index in [-0.39, 0.29) is 0 Å². The Morgan fingerprint density at radius 1 is 1.30 bits per heavy atom. The topological polar surface area (TPSA) is 39.6 Å². The van der Waals surface area contributed by atoms with Crippen molar-refractivity contribution in [1.29, 1.82) is 5.26 Å². The molecule has 0 atom stereocenters. The molecule has 0 radical (unpaired) electrons. The van der Waals surface area contributed by atoms with E-state index in [0.29, 0.717) is 0 Å². The van der Waals surface area contributed by atoms with Crippen LogP contribution in [-0.2, 0) is 0 Å². The number of aromatic amines is 1. The molecule has 1 aliphatic rings. The van der Waals surface area contributed by atoms with E-state index in [0.717, 1.165) is 29.7 Å². The number of thiophene rings is 1. The lowest BCUT2D eigenvalue weighted by Crippen LogP contribution is -2.25. The van der Waals surface area contributed by atoms with Crippen LogP contribution in [0.1, 0.15) is 44.9 Å². The maximum atomic E-state index is 9.36. The van der Waals surface area contributed by atoms with Crippen molar-refractivity contribution < 1.29 is 0 Å². The van der Waals surface area contributed by atoms with Crippen LogP contribution in [-0.4, -0.2) is 11.2 Å². The van der Waals surface area contributed by atoms with Crippen molar-refractivity contribution in [3.63, 3.8) is 0 Å². The fourth-order valence-corrected chi connectivity index (χ4v) is 4.13. The van der Waals surface area contributed by atoms with E-state index >= 15 is 0 Å². The lowest BCUT2D eigenvalue weighted by molar-refractivity contribution is 1.10. The molecule has 120 valence electrons. The van der Waals surface area contributed by atoms with Crippen LogP contribution in [0.3, 0.4) is 0 Å². The highest BCUT2D eigenvalue weighted by Gasteiger charge is 2.18. The summed E-state index contributed by atoms with van der Waals surface area (Å²) >= 11 is 3.32. The number of hydrogen-bond acceptors (Lipinski definition) is 3. The molecule has 2 aromatic rings. The van der Waals surface area contributed by atoms with E-state index < -0.39 is 0 Å². The molecule has 0 saturated carbocycles. The van der Waals surface area contributed by atoms with E-state index in [1.54, 1.807) is 23.1 Å². The number of fused-ring (bicyclic) bond motifs is 1. The van der Waals surface area contributed by atoms with Gasteiger partial charge in [-0.2, -0.15) is 16.6 Å². The molecule has 1 N–H and O–H groups in total. The zero-order valence-corrected chi connectivity index (χ0v) is 15.7. The lowest BCUT2D eigenvalue weighted by Gasteiger charge is -2.06. The van der Waals surface area contributed by atoms with Gasteiger partial charge < -0.3 is 4.98 Å². The highest BCUT2D eigenvalue weighted by atomic mass is 32.2. The van der Waals surface area contributed by atoms with Crippen molar-refractivity contribution in [1.82, 2.24) is 4.98 Å². The van der Waals surface area contributed by atoms with Crippen molar-refractivity contribution >= 4 is 40.2 Å². The number of thioether (sulfide) groups is 1. The molecule has 0 aliphatic heterocycles. The van der Waals surface area contributed by atoms with E-state index in [9.17, 15) is 5.26 Å². The summed E-state index contributed by atoms with van der Waals surface area (Å²) in [5.74, 6) is 0. The highest BCUT2D eigenvalue weighted by Crippen LogP contribution is 2.33. The Hall–Kier alpha value is -1.70. The van der Waals surface area contributed by atoms with Crippen LogP contribution in [0.2, 0.25) is 0 Å². The zero-order valence-electron chi connectivity index (χ0n) is 14.1. The number of allylic oxidation sites excluding steroid dienone is 1. The maximum absolute atomic E-state index is 9.36. The highest BCUT2D eigenvalue weighted by molar-refractivity contribution is 8.07. The summed E-state index contributed by atoms with van der Waals surface area (Å²) in [6, 6.07) is 2.32. The van der Waals surface area contributed by atoms with Gasteiger partial charge in [-0.1, -0.05) is 32.1 Å². The molecule has 0 spiro atoms. The number of aromatic nitrogens is 1. The largest absolute Gasteiger partial charge is 0.354 e. The summed E-state index contributed by atoms with van der Waals surface area (Å²) in [6.45, 7) is 6.06. The van der Waals surface area contributed by atoms with Gasteiger partial charge in [-0.15, -0.1) is 11.8 Å². The van der Waals surface area contributed by atoms with Crippen LogP contribution >= 0.6 is 23.1 Å². The molecule has 0 unspecified atom stereocenters. The summed E-state index contributed by atoms with van der Waals surface area (Å²) < 4.78 is 0. The summed E-state index contributed by atoms with van der Waals surface area (Å²) in [6.07, 6.45) is 10.9. The van der Waals surface area contributed by atoms with Crippen LogP contribution in [0.25, 0.3) is 28.2 Å². The van der Waals surface area contributed by atoms with Crippen LogP contribution in [0, 0.1) is 11.3 Å². The van der Waals surface area contributed by atoms with E-state index in [4.69, 9.17) is 0 Å². The van der Waals surface area contributed by atoms with Crippen molar-refractivity contribution in [3.8, 4) is 17.2 Å². The molecule has 3 rings (SSSR count). The first-order chi connectivity index (χ1) is 11.3. The maximum Gasteiger partial charge on any atom is 0.101 e. The standard InChI is InChI=1S/C17H16N2S2.C2H6/c1-3-15(20-2)17-16(13-10-21-9-11(13)8-18)12-6-4-5-7-14(12)19-17;1-2/h3,6-7,9-10,19H,4-5H2,1-2H3;1-2H3/b15-3-;. The van der Waals surface area contributed by atoms with Gasteiger partial charge in [0.25, 0.3) is 0 Å². The third-order valence-corrected chi connectivity index (χ3v) is 5.34. The number of nitriles is 1. The second kappa shape index (κ2) is 8.24. The van der Waals surface area contributed by atoms with Crippen LogP contribution in [0.5, 0.6) is 0 Å². The van der Waals surface area contributed by atoms with Crippen molar-refractivity contribution in [3.05, 3.63) is 38.7 Å². The van der Waals surface area contributed by atoms with Gasteiger partial charge in [0, 0.05) is 37.4 Å². The molecule has 2 nitrogen and oxygen atoms in total. The number of H-pyrrole nitrogens is 1. The Balaban J connectivity index is 0.000000924. The van der Waals surface area contributed by atoms with Crippen LogP contribution in [0.4, 0.5) is 0 Å². The second-order valence-corrected chi connectivity index (χ2v) is 6.45. The summed E-state index contributed by atoms with van der Waals surface area (Å²) in [5.41, 5.74) is 4.13. The Morgan fingerprint density at radius 3 is 2.70 bits per heavy atom. The van der Waals surface area contributed by atoms with Gasteiger partial charge in [-0.25, -0.2) is 0 Å². The number of nitrogens with one attached hydrogen (secondary N) is 1. The Bertz CT molecular complexity index is 860. The number of hydrogen-bond donors (Lipinski definition) is 1. The fourth-order valence-electron chi connectivity index (χ4n) is 2.77. The second-order valence-electron chi connectivity index (χ2n) is 4.86. The van der Waals surface area contributed by atoms with Gasteiger partial charge >= 0.3 is 0 Å². The van der Waals surface area contributed by atoms with Crippen LogP contribution < -0.4 is 10.6 Å². The summed E-state index contributed by atoms with van der Waals surface area (Å²) in [4.78, 5) is 4.78. The van der Waals surface area contributed by atoms with E-state index in [1.807, 2.05) is 19.2 Å². The predicted octanol–water partition coefficient (Wildman–Crippen LogP) is 4.72. The van der Waals surface area contributed by atoms with Gasteiger partial charge in [0.15, 0.2) is 0 Å². The van der Waals surface area contributed by atoms with Gasteiger partial charge in [0.2, 0.25) is 0 Å². The Labute approximate surface area is 146 Å². The molecule has 2 heterocycles. The first-order valence-corrected chi connectivity index (χ1v) is 10.1. The Kier molecular flexibility index (Phi) is 6.32. The molecule has 0 fully saturated rings. The molecular weight excluding hydrogens is 320 g/mol. The van der Waals surface area contributed by atoms with Crippen molar-refractivity contribution in [2.45, 2.75) is 33.6 Å². The molecule has 23 heavy (non-hydrogen) atoms. The predicted molar refractivity (Wildman–Crippen MR) is 105 cm³/mol. The van der Waals surface area contributed by atoms with Crippen molar-refractivity contribution in [2.75, 3.05) is 6.26 Å². The van der Waals surface area contributed by atoms with Gasteiger partial charge in [0.05, 0.1) is 11.3 Å². The van der Waals surface area contributed by atoms with Gasteiger partial charge in [0.1, 0.15) is 6.07 Å². The molecule has 0 saturated heterocycles. The third kappa shape index (κ3) is 3.31. The van der Waals surface area contributed by atoms with Gasteiger partial charge in [-0.05, 0) is 26.0 Å². The van der Waals surface area contributed by atoms with Gasteiger partial charge in [-0.3, -0.25) is 0 Å². The lowest BCUT2D eigenvalue weighted by atomic mass is 10.0. The molecule has 0 aromatic carbocycles. The molecule has 0 amide bonds. The average Bonchev–Trinajstić information content (AvgIpc) is 3.21. The van der Waals surface area contributed by atoms with E-state index in [1.165, 1.54) is 21.0 Å². The number of nitrogens with zero attached hydrogens (tertiary/aromatic N) is 1. The molecule has 0 bridgehead atoms. The first-order valence-electron chi connectivity index (χ1n) is 7.89. The molecular formula is C19H22N2S2. The van der Waals surface area contributed by atoms with Crippen LogP contribution in [0.15, 0.2) is 16.8 Å². The molecule has 4 heteroatoms. The minimum atomic E-state index is 0.763. The zero-order chi connectivity index (χ0) is 16.8. The molecule has 1 aliphatic carbocycles. The minimum absolute atomic E-state index is 0.763. The smallest absolute Gasteiger partial charge is 0.101 e. The summed E-state index contributed by atoms with van der Waals surface area (Å²) in [5, 5.41) is 15.8. The monoisotopic (exact) mass is 342 g/mol. The van der Waals surface area contributed by atoms with E-state index in [2.05, 4.69) is 47.8 Å². The van der Waals surface area contributed by atoms with Crippen molar-refractivity contribution in [2.24, 2.45) is 0 Å². The number of rotatable bonds is 3.